The monoisotopic (exact) mass is 328 g/mol. The molecule has 2 unspecified atom stereocenters. The molecule has 3 nitrogen and oxygen atoms in total. The van der Waals surface area contributed by atoms with Gasteiger partial charge in [-0.25, -0.2) is 0 Å². The van der Waals surface area contributed by atoms with Gasteiger partial charge < -0.3 is 10.2 Å². The SMILES string of the molecule is CCN(C(=O)C1CCCNC1)C(C)c1cccc(C(F)(F)F)c1. The van der Waals surface area contributed by atoms with Gasteiger partial charge in [-0.3, -0.25) is 4.79 Å². The molecule has 1 N–H and O–H groups in total. The van der Waals surface area contributed by atoms with Gasteiger partial charge in [0.05, 0.1) is 17.5 Å². The largest absolute Gasteiger partial charge is 0.416 e. The molecule has 0 spiro atoms. The molecule has 0 bridgehead atoms. The number of carbonyl (C=O) groups excluding carboxylic acids is 1. The van der Waals surface area contributed by atoms with Crippen LogP contribution in [0.5, 0.6) is 0 Å². The van der Waals surface area contributed by atoms with Crippen LogP contribution in [0.4, 0.5) is 13.2 Å². The van der Waals surface area contributed by atoms with Crippen molar-refractivity contribution in [2.45, 2.75) is 38.9 Å². The number of rotatable bonds is 4. The Balaban J connectivity index is 2.19. The Hall–Kier alpha value is -1.56. The molecule has 1 saturated heterocycles. The zero-order valence-electron chi connectivity index (χ0n) is 13.5. The maximum absolute atomic E-state index is 12.9. The first kappa shape index (κ1) is 17.8. The third-order valence-corrected chi connectivity index (χ3v) is 4.43. The fourth-order valence-electron chi connectivity index (χ4n) is 3.07. The molecule has 1 aromatic rings. The summed E-state index contributed by atoms with van der Waals surface area (Å²) < 4.78 is 38.6. The summed E-state index contributed by atoms with van der Waals surface area (Å²) in [5.74, 6) is -0.0680. The molecule has 0 aromatic heterocycles. The lowest BCUT2D eigenvalue weighted by Crippen LogP contribution is -2.44. The van der Waals surface area contributed by atoms with Crippen molar-refractivity contribution in [2.75, 3.05) is 19.6 Å². The van der Waals surface area contributed by atoms with Crippen LogP contribution in [0, 0.1) is 5.92 Å². The predicted molar refractivity (Wildman–Crippen MR) is 82.8 cm³/mol. The van der Waals surface area contributed by atoms with Crippen molar-refractivity contribution in [1.29, 1.82) is 0 Å². The van der Waals surface area contributed by atoms with E-state index in [2.05, 4.69) is 5.32 Å². The summed E-state index contributed by atoms with van der Waals surface area (Å²) in [7, 11) is 0. The van der Waals surface area contributed by atoms with Crippen molar-refractivity contribution in [3.8, 4) is 0 Å². The van der Waals surface area contributed by atoms with Gasteiger partial charge in [0.25, 0.3) is 0 Å². The molecular weight excluding hydrogens is 305 g/mol. The lowest BCUT2D eigenvalue weighted by molar-refractivity contribution is -0.138. The summed E-state index contributed by atoms with van der Waals surface area (Å²) >= 11 is 0. The van der Waals surface area contributed by atoms with E-state index in [1.165, 1.54) is 6.07 Å². The molecule has 2 rings (SSSR count). The minimum absolute atomic E-state index is 0.0182. The van der Waals surface area contributed by atoms with Gasteiger partial charge in [-0.15, -0.1) is 0 Å². The number of amides is 1. The molecule has 1 fully saturated rings. The zero-order chi connectivity index (χ0) is 17.0. The summed E-state index contributed by atoms with van der Waals surface area (Å²) in [6, 6.07) is 4.86. The normalized spacial score (nSPS) is 20.1. The molecule has 2 atom stereocenters. The molecule has 0 aliphatic carbocycles. The molecule has 1 aliphatic heterocycles. The number of piperidine rings is 1. The molecule has 0 saturated carbocycles. The Kier molecular flexibility index (Phi) is 5.68. The van der Waals surface area contributed by atoms with Gasteiger partial charge in [-0.2, -0.15) is 13.2 Å². The standard InChI is InChI=1S/C17H23F3N2O/c1-3-22(16(23)14-7-5-9-21-11-14)12(2)13-6-4-8-15(10-13)17(18,19)20/h4,6,8,10,12,14,21H,3,5,7,9,11H2,1-2H3. The van der Waals surface area contributed by atoms with Crippen LogP contribution in [0.2, 0.25) is 0 Å². The summed E-state index contributed by atoms with van der Waals surface area (Å²) in [6.07, 6.45) is -2.59. The maximum Gasteiger partial charge on any atom is 0.416 e. The van der Waals surface area contributed by atoms with E-state index < -0.39 is 11.7 Å². The second-order valence-electron chi connectivity index (χ2n) is 5.97. The van der Waals surface area contributed by atoms with Crippen molar-refractivity contribution in [3.63, 3.8) is 0 Å². The molecule has 1 aromatic carbocycles. The van der Waals surface area contributed by atoms with E-state index in [-0.39, 0.29) is 17.9 Å². The third-order valence-electron chi connectivity index (χ3n) is 4.43. The first-order valence-corrected chi connectivity index (χ1v) is 8.03. The molecular formula is C17H23F3N2O. The topological polar surface area (TPSA) is 32.3 Å². The number of alkyl halides is 3. The van der Waals surface area contributed by atoms with Gasteiger partial charge in [-0.1, -0.05) is 12.1 Å². The highest BCUT2D eigenvalue weighted by atomic mass is 19.4. The number of carbonyl (C=O) groups is 1. The van der Waals surface area contributed by atoms with Gasteiger partial charge in [0.1, 0.15) is 0 Å². The van der Waals surface area contributed by atoms with Crippen molar-refractivity contribution < 1.29 is 18.0 Å². The van der Waals surface area contributed by atoms with E-state index in [0.29, 0.717) is 18.7 Å². The number of benzene rings is 1. The maximum atomic E-state index is 12.9. The molecule has 1 amide bonds. The summed E-state index contributed by atoms with van der Waals surface area (Å²) in [6.45, 7) is 5.68. The summed E-state index contributed by atoms with van der Waals surface area (Å²) in [5, 5.41) is 3.21. The van der Waals surface area contributed by atoms with Crippen LogP contribution in [0.3, 0.4) is 0 Å². The third kappa shape index (κ3) is 4.25. The molecule has 0 radical (unpaired) electrons. The fourth-order valence-corrected chi connectivity index (χ4v) is 3.07. The van der Waals surface area contributed by atoms with Gasteiger partial charge in [0.15, 0.2) is 0 Å². The van der Waals surface area contributed by atoms with E-state index in [1.807, 2.05) is 6.92 Å². The van der Waals surface area contributed by atoms with E-state index in [1.54, 1.807) is 17.9 Å². The van der Waals surface area contributed by atoms with Crippen molar-refractivity contribution >= 4 is 5.91 Å². The number of hydrogen-bond acceptors (Lipinski definition) is 2. The number of nitrogens with zero attached hydrogens (tertiary/aromatic N) is 1. The van der Waals surface area contributed by atoms with Gasteiger partial charge in [0.2, 0.25) is 5.91 Å². The smallest absolute Gasteiger partial charge is 0.336 e. The first-order valence-electron chi connectivity index (χ1n) is 8.03. The average Bonchev–Trinajstić information content (AvgIpc) is 2.55. The van der Waals surface area contributed by atoms with Gasteiger partial charge >= 0.3 is 6.18 Å². The average molecular weight is 328 g/mol. The van der Waals surface area contributed by atoms with E-state index in [4.69, 9.17) is 0 Å². The minimum Gasteiger partial charge on any atom is -0.336 e. The van der Waals surface area contributed by atoms with Gasteiger partial charge in [-0.05, 0) is 50.9 Å². The highest BCUT2D eigenvalue weighted by Crippen LogP contribution is 2.32. The van der Waals surface area contributed by atoms with Crippen LogP contribution in [-0.4, -0.2) is 30.4 Å². The predicted octanol–water partition coefficient (Wildman–Crippen LogP) is 3.61. The molecule has 128 valence electrons. The molecule has 23 heavy (non-hydrogen) atoms. The van der Waals surface area contributed by atoms with Crippen molar-refractivity contribution in [1.82, 2.24) is 10.2 Å². The second kappa shape index (κ2) is 7.34. The van der Waals surface area contributed by atoms with Crippen molar-refractivity contribution in [2.24, 2.45) is 5.92 Å². The van der Waals surface area contributed by atoms with Crippen molar-refractivity contribution in [3.05, 3.63) is 35.4 Å². The number of hydrogen-bond donors (Lipinski definition) is 1. The van der Waals surface area contributed by atoms with Crippen LogP contribution in [0.15, 0.2) is 24.3 Å². The number of nitrogens with one attached hydrogen (secondary N) is 1. The number of halogens is 3. The van der Waals surface area contributed by atoms with Crippen LogP contribution >= 0.6 is 0 Å². The highest BCUT2D eigenvalue weighted by Gasteiger charge is 2.32. The Bertz CT molecular complexity index is 539. The fraction of sp³-hybridized carbons (Fsp3) is 0.588. The van der Waals surface area contributed by atoms with Gasteiger partial charge in [0, 0.05) is 13.1 Å². The minimum atomic E-state index is -4.37. The van der Waals surface area contributed by atoms with Crippen LogP contribution in [-0.2, 0) is 11.0 Å². The summed E-state index contributed by atoms with van der Waals surface area (Å²) in [4.78, 5) is 14.4. The zero-order valence-corrected chi connectivity index (χ0v) is 13.5. The lowest BCUT2D eigenvalue weighted by atomic mass is 9.96. The summed E-state index contributed by atoms with van der Waals surface area (Å²) in [5.41, 5.74) is -0.163. The van der Waals surface area contributed by atoms with E-state index >= 15 is 0 Å². The first-order chi connectivity index (χ1) is 10.8. The quantitative estimate of drug-likeness (QED) is 0.916. The van der Waals surface area contributed by atoms with Crippen LogP contribution in [0.1, 0.15) is 43.9 Å². The molecule has 1 heterocycles. The second-order valence-corrected chi connectivity index (χ2v) is 5.97. The lowest BCUT2D eigenvalue weighted by Gasteiger charge is -2.33. The Morgan fingerprint density at radius 3 is 2.74 bits per heavy atom. The van der Waals surface area contributed by atoms with E-state index in [0.717, 1.165) is 31.5 Å². The Labute approximate surface area is 134 Å². The molecule has 6 heteroatoms. The van der Waals surface area contributed by atoms with E-state index in [9.17, 15) is 18.0 Å². The highest BCUT2D eigenvalue weighted by molar-refractivity contribution is 5.79. The molecule has 1 aliphatic rings. The Morgan fingerprint density at radius 2 is 2.17 bits per heavy atom. The van der Waals surface area contributed by atoms with Crippen LogP contribution in [0.25, 0.3) is 0 Å². The Morgan fingerprint density at radius 1 is 1.43 bits per heavy atom. The van der Waals surface area contributed by atoms with Crippen LogP contribution < -0.4 is 5.32 Å².